The van der Waals surface area contributed by atoms with Crippen LogP contribution in [0, 0.1) is 5.82 Å². The highest BCUT2D eigenvalue weighted by molar-refractivity contribution is 5.76. The van der Waals surface area contributed by atoms with Gasteiger partial charge in [-0.1, -0.05) is 0 Å². The third kappa shape index (κ3) is 2.08. The quantitative estimate of drug-likeness (QED) is 0.842. The molecule has 3 heterocycles. The third-order valence-corrected chi connectivity index (χ3v) is 3.57. The number of nitrogens with zero attached hydrogens (tertiary/aromatic N) is 2. The number of pyridine rings is 2. The van der Waals surface area contributed by atoms with Crippen molar-refractivity contribution in [2.75, 3.05) is 25.0 Å². The minimum absolute atomic E-state index is 0.221. The van der Waals surface area contributed by atoms with Crippen LogP contribution >= 0.6 is 0 Å². The van der Waals surface area contributed by atoms with Crippen LogP contribution in [0.2, 0.25) is 0 Å². The normalized spacial score (nSPS) is 19.3. The van der Waals surface area contributed by atoms with E-state index in [0.29, 0.717) is 17.5 Å². The summed E-state index contributed by atoms with van der Waals surface area (Å²) in [4.78, 5) is 20.7. The van der Waals surface area contributed by atoms with Gasteiger partial charge in [-0.3, -0.25) is 4.79 Å². The van der Waals surface area contributed by atoms with Crippen molar-refractivity contribution in [1.29, 1.82) is 0 Å². The molecule has 1 aliphatic heterocycles. The first-order valence-electron chi connectivity index (χ1n) is 6.29. The van der Waals surface area contributed by atoms with Crippen LogP contribution in [0.4, 0.5) is 10.2 Å². The Bertz CT molecular complexity index is 669. The molecule has 0 aromatic carbocycles. The van der Waals surface area contributed by atoms with E-state index in [4.69, 9.17) is 0 Å². The summed E-state index contributed by atoms with van der Waals surface area (Å²) in [6.07, 6.45) is 2.49. The molecule has 0 radical (unpaired) electrons. The van der Waals surface area contributed by atoms with E-state index >= 15 is 0 Å². The Morgan fingerprint density at radius 2 is 2.42 bits per heavy atom. The van der Waals surface area contributed by atoms with Crippen LogP contribution in [0.1, 0.15) is 6.42 Å². The first-order valence-corrected chi connectivity index (χ1v) is 6.29. The van der Waals surface area contributed by atoms with Crippen molar-refractivity contribution in [2.45, 2.75) is 12.5 Å². The fourth-order valence-corrected chi connectivity index (χ4v) is 2.47. The lowest BCUT2D eigenvalue weighted by Gasteiger charge is -2.18. The van der Waals surface area contributed by atoms with Crippen molar-refractivity contribution < 1.29 is 4.39 Å². The molecule has 0 aliphatic carbocycles. The van der Waals surface area contributed by atoms with Crippen LogP contribution in [-0.2, 0) is 0 Å². The molecule has 0 amide bonds. The van der Waals surface area contributed by atoms with Gasteiger partial charge in [-0.2, -0.15) is 0 Å². The number of likely N-dealkylation sites (N-methyl/N-ethyl adjacent to an activating group) is 1. The molecule has 0 spiro atoms. The molecule has 5 nitrogen and oxygen atoms in total. The van der Waals surface area contributed by atoms with Gasteiger partial charge in [-0.25, -0.2) is 9.37 Å². The molecular formula is C13H15FN4O. The Morgan fingerprint density at radius 1 is 1.58 bits per heavy atom. The van der Waals surface area contributed by atoms with Crippen LogP contribution in [0.3, 0.4) is 0 Å². The fourth-order valence-electron chi connectivity index (χ4n) is 2.47. The van der Waals surface area contributed by atoms with E-state index in [1.807, 2.05) is 11.9 Å². The number of H-pyrrole nitrogens is 1. The standard InChI is InChI=1S/C13H15FN4O/c1-15-8-3-5-18(7-8)13-10(14)6-9-11(19)2-4-16-12(9)17-13/h2,4,6,8,15H,3,5,7H2,1H3,(H,16,17,19). The zero-order chi connectivity index (χ0) is 13.4. The predicted octanol–water partition coefficient (Wildman–Crippen LogP) is 0.860. The Kier molecular flexibility index (Phi) is 2.94. The van der Waals surface area contributed by atoms with Gasteiger partial charge < -0.3 is 15.2 Å². The van der Waals surface area contributed by atoms with Crippen molar-refractivity contribution in [1.82, 2.24) is 15.3 Å². The highest BCUT2D eigenvalue weighted by atomic mass is 19.1. The van der Waals surface area contributed by atoms with Crippen molar-refractivity contribution in [3.8, 4) is 0 Å². The summed E-state index contributed by atoms with van der Waals surface area (Å²) in [7, 11) is 1.90. The zero-order valence-corrected chi connectivity index (χ0v) is 10.6. The molecule has 0 bridgehead atoms. The first-order chi connectivity index (χ1) is 9.19. The maximum absolute atomic E-state index is 14.1. The number of rotatable bonds is 2. The largest absolute Gasteiger partial charge is 0.352 e. The van der Waals surface area contributed by atoms with Gasteiger partial charge in [0, 0.05) is 31.4 Å². The fraction of sp³-hybridized carbons (Fsp3) is 0.385. The molecule has 1 unspecified atom stereocenters. The van der Waals surface area contributed by atoms with Crippen molar-refractivity contribution in [3.63, 3.8) is 0 Å². The Labute approximate surface area is 109 Å². The highest BCUT2D eigenvalue weighted by Gasteiger charge is 2.24. The smallest absolute Gasteiger partial charge is 0.191 e. The molecule has 0 saturated carbocycles. The van der Waals surface area contributed by atoms with E-state index in [0.717, 1.165) is 19.5 Å². The molecule has 1 aliphatic rings. The molecule has 2 N–H and O–H groups in total. The van der Waals surface area contributed by atoms with E-state index in [9.17, 15) is 9.18 Å². The molecule has 19 heavy (non-hydrogen) atoms. The highest BCUT2D eigenvalue weighted by Crippen LogP contribution is 2.23. The second-order valence-corrected chi connectivity index (χ2v) is 4.75. The topological polar surface area (TPSA) is 61.0 Å². The monoisotopic (exact) mass is 262 g/mol. The summed E-state index contributed by atoms with van der Waals surface area (Å²) in [6.45, 7) is 1.49. The van der Waals surface area contributed by atoms with E-state index in [1.54, 1.807) is 0 Å². The molecule has 1 atom stereocenters. The average molecular weight is 262 g/mol. The maximum atomic E-state index is 14.1. The summed E-state index contributed by atoms with van der Waals surface area (Å²) in [6, 6.07) is 2.99. The minimum Gasteiger partial charge on any atom is -0.352 e. The van der Waals surface area contributed by atoms with Gasteiger partial charge in [0.1, 0.15) is 5.65 Å². The molecule has 6 heteroatoms. The number of nitrogens with one attached hydrogen (secondary N) is 2. The third-order valence-electron chi connectivity index (χ3n) is 3.57. The lowest BCUT2D eigenvalue weighted by atomic mass is 10.2. The van der Waals surface area contributed by atoms with E-state index in [-0.39, 0.29) is 10.8 Å². The summed E-state index contributed by atoms with van der Waals surface area (Å²) < 4.78 is 14.1. The number of fused-ring (bicyclic) bond motifs is 1. The number of hydrogen-bond donors (Lipinski definition) is 2. The van der Waals surface area contributed by atoms with Gasteiger partial charge >= 0.3 is 0 Å². The van der Waals surface area contributed by atoms with Crippen LogP contribution in [-0.4, -0.2) is 36.1 Å². The molecule has 2 aromatic rings. The van der Waals surface area contributed by atoms with Gasteiger partial charge in [-0.05, 0) is 19.5 Å². The Morgan fingerprint density at radius 3 is 3.16 bits per heavy atom. The van der Waals surface area contributed by atoms with Crippen LogP contribution in [0.15, 0.2) is 23.1 Å². The lowest BCUT2D eigenvalue weighted by Crippen LogP contribution is -2.30. The average Bonchev–Trinajstić information content (AvgIpc) is 2.88. The Hall–Kier alpha value is -1.95. The van der Waals surface area contributed by atoms with E-state index in [1.165, 1.54) is 18.3 Å². The maximum Gasteiger partial charge on any atom is 0.191 e. The number of anilines is 1. The molecular weight excluding hydrogens is 247 g/mol. The molecule has 100 valence electrons. The lowest BCUT2D eigenvalue weighted by molar-refractivity contribution is 0.606. The van der Waals surface area contributed by atoms with E-state index < -0.39 is 5.82 Å². The predicted molar refractivity (Wildman–Crippen MR) is 72.0 cm³/mol. The van der Waals surface area contributed by atoms with Crippen LogP contribution in [0.5, 0.6) is 0 Å². The first kappa shape index (κ1) is 12.1. The van der Waals surface area contributed by atoms with Crippen LogP contribution in [0.25, 0.3) is 11.0 Å². The second-order valence-electron chi connectivity index (χ2n) is 4.75. The van der Waals surface area contributed by atoms with Gasteiger partial charge in [0.15, 0.2) is 17.1 Å². The summed E-state index contributed by atoms with van der Waals surface area (Å²) in [5.41, 5.74) is 0.207. The van der Waals surface area contributed by atoms with E-state index in [2.05, 4.69) is 15.3 Å². The van der Waals surface area contributed by atoms with Crippen molar-refractivity contribution >= 4 is 16.9 Å². The van der Waals surface area contributed by atoms with Gasteiger partial charge in [0.05, 0.1) is 5.39 Å². The van der Waals surface area contributed by atoms with Gasteiger partial charge in [-0.15, -0.1) is 0 Å². The van der Waals surface area contributed by atoms with Crippen molar-refractivity contribution in [2.24, 2.45) is 0 Å². The summed E-state index contributed by atoms with van der Waals surface area (Å²) >= 11 is 0. The number of halogens is 1. The summed E-state index contributed by atoms with van der Waals surface area (Å²) in [5, 5.41) is 3.46. The number of aromatic nitrogens is 2. The second kappa shape index (κ2) is 4.62. The van der Waals surface area contributed by atoms with Gasteiger partial charge in [0.2, 0.25) is 0 Å². The zero-order valence-electron chi connectivity index (χ0n) is 10.6. The molecule has 1 fully saturated rings. The minimum atomic E-state index is -0.444. The molecule has 2 aromatic heterocycles. The number of aromatic amines is 1. The van der Waals surface area contributed by atoms with Gasteiger partial charge in [0.25, 0.3) is 0 Å². The van der Waals surface area contributed by atoms with Crippen molar-refractivity contribution in [3.05, 3.63) is 34.4 Å². The Balaban J connectivity index is 2.05. The van der Waals surface area contributed by atoms with Crippen LogP contribution < -0.4 is 15.6 Å². The molecule has 1 saturated heterocycles. The SMILES string of the molecule is CNC1CCN(c2nc3[nH]ccc(=O)c3cc2F)C1. The number of hydrogen-bond acceptors (Lipinski definition) is 4. The molecule has 3 rings (SSSR count). The summed E-state index contributed by atoms with van der Waals surface area (Å²) in [5.74, 6) is -0.131.